The average Bonchev–Trinajstić information content (AvgIpc) is 3.62. The summed E-state index contributed by atoms with van der Waals surface area (Å²) in [6.07, 6.45) is 10.3. The Balaban J connectivity index is 1.33. The largest absolute Gasteiger partial charge is 0.369 e. The topological polar surface area (TPSA) is 56.8 Å². The van der Waals surface area contributed by atoms with E-state index in [1.165, 1.54) is 65.6 Å². The maximum absolute atomic E-state index is 5.00. The van der Waals surface area contributed by atoms with Gasteiger partial charge in [0.25, 0.3) is 0 Å². The number of nitrogens with one attached hydrogen (secondary N) is 2. The molecule has 0 spiro atoms. The van der Waals surface area contributed by atoms with Crippen molar-refractivity contribution in [3.8, 4) is 11.3 Å². The third kappa shape index (κ3) is 3.25. The maximum atomic E-state index is 5.00. The van der Waals surface area contributed by atoms with Crippen LogP contribution in [0.15, 0.2) is 60.9 Å². The van der Waals surface area contributed by atoms with Crippen LogP contribution in [-0.4, -0.2) is 41.1 Å². The van der Waals surface area contributed by atoms with Gasteiger partial charge in [0.2, 0.25) is 0 Å². The van der Waals surface area contributed by atoms with Gasteiger partial charge in [-0.1, -0.05) is 36.8 Å². The molecule has 7 rings (SSSR count). The highest BCUT2D eigenvalue weighted by atomic mass is 15.2. The van der Waals surface area contributed by atoms with Crippen LogP contribution >= 0.6 is 0 Å². The first-order valence-corrected chi connectivity index (χ1v) is 12.8. The quantitative estimate of drug-likeness (QED) is 0.429. The molecule has 3 aliphatic rings. The Labute approximate surface area is 200 Å². The summed E-state index contributed by atoms with van der Waals surface area (Å²) in [7, 11) is 0. The van der Waals surface area contributed by atoms with Crippen LogP contribution in [0.25, 0.3) is 22.3 Å². The van der Waals surface area contributed by atoms with Crippen molar-refractivity contribution in [3.63, 3.8) is 0 Å². The first kappa shape index (κ1) is 20.2. The van der Waals surface area contributed by atoms with Gasteiger partial charge in [-0.2, -0.15) is 0 Å². The molecule has 172 valence electrons. The number of piperazine rings is 1. The highest BCUT2D eigenvalue weighted by Gasteiger charge is 2.41. The zero-order valence-electron chi connectivity index (χ0n) is 19.6. The van der Waals surface area contributed by atoms with Crippen LogP contribution in [-0.2, 0) is 5.41 Å². The summed E-state index contributed by atoms with van der Waals surface area (Å²) in [4.78, 5) is 16.0. The SMILES string of the molecule is c1ccc(C2(c3cc4c(-c5cc(N6CCNCC6)c(C6CC6)cn5)ccnc4[nH]3)CCC2)cc1. The minimum atomic E-state index is 0.0778. The molecule has 1 saturated heterocycles. The molecule has 1 aliphatic heterocycles. The molecule has 1 aromatic carbocycles. The predicted molar refractivity (Wildman–Crippen MR) is 137 cm³/mol. The Bertz CT molecular complexity index is 1330. The van der Waals surface area contributed by atoms with E-state index in [-0.39, 0.29) is 5.41 Å². The van der Waals surface area contributed by atoms with Crippen LogP contribution in [0.1, 0.15) is 54.8 Å². The predicted octanol–water partition coefficient (Wildman–Crippen LogP) is 5.38. The second-order valence-corrected chi connectivity index (χ2v) is 10.2. The van der Waals surface area contributed by atoms with Crippen LogP contribution in [0.4, 0.5) is 5.69 Å². The number of nitrogens with zero attached hydrogens (tertiary/aromatic N) is 3. The molecule has 2 N–H and O–H groups in total. The van der Waals surface area contributed by atoms with Crippen molar-refractivity contribution >= 4 is 16.7 Å². The van der Waals surface area contributed by atoms with Crippen LogP contribution in [0, 0.1) is 0 Å². The highest BCUT2D eigenvalue weighted by Crippen LogP contribution is 2.50. The molecule has 5 heteroatoms. The van der Waals surface area contributed by atoms with Gasteiger partial charge < -0.3 is 15.2 Å². The summed E-state index contributed by atoms with van der Waals surface area (Å²) >= 11 is 0. The van der Waals surface area contributed by atoms with Crippen molar-refractivity contribution in [3.05, 3.63) is 77.7 Å². The molecule has 34 heavy (non-hydrogen) atoms. The number of anilines is 1. The van der Waals surface area contributed by atoms with E-state index in [0.29, 0.717) is 5.92 Å². The van der Waals surface area contributed by atoms with Crippen molar-refractivity contribution in [2.75, 3.05) is 31.1 Å². The van der Waals surface area contributed by atoms with Gasteiger partial charge in [0.15, 0.2) is 0 Å². The number of benzene rings is 1. The molecule has 5 nitrogen and oxygen atoms in total. The zero-order chi connectivity index (χ0) is 22.5. The normalized spacial score (nSPS) is 19.8. The molecule has 0 atom stereocenters. The Morgan fingerprint density at radius 1 is 0.941 bits per heavy atom. The summed E-state index contributed by atoms with van der Waals surface area (Å²) in [5, 5.41) is 4.67. The zero-order valence-corrected chi connectivity index (χ0v) is 19.6. The lowest BCUT2D eigenvalue weighted by molar-refractivity contribution is 0.295. The van der Waals surface area contributed by atoms with Gasteiger partial charge in [-0.3, -0.25) is 4.98 Å². The molecular formula is C29H31N5. The molecule has 0 radical (unpaired) electrons. The molecule has 4 aromatic rings. The summed E-state index contributed by atoms with van der Waals surface area (Å²) in [5.74, 6) is 0.687. The number of fused-ring (bicyclic) bond motifs is 1. The fraction of sp³-hybridized carbons (Fsp3) is 0.379. The van der Waals surface area contributed by atoms with E-state index in [2.05, 4.69) is 69.9 Å². The maximum Gasteiger partial charge on any atom is 0.138 e. The number of aromatic nitrogens is 3. The first-order valence-electron chi connectivity index (χ1n) is 12.8. The fourth-order valence-electron chi connectivity index (χ4n) is 6.00. The van der Waals surface area contributed by atoms with E-state index in [0.717, 1.165) is 37.5 Å². The standard InChI is InChI=1S/C29H31N5/c1-2-5-21(6-3-1)29(10-4-11-29)27-17-23-22(9-12-31-28(23)33-27)25-18-26(34-15-13-30-14-16-34)24(19-32-25)20-7-8-20/h1-3,5-6,9,12,17-20,30H,4,7-8,10-11,13-16H2,(H,31,33). The van der Waals surface area contributed by atoms with E-state index in [1.54, 1.807) is 0 Å². The number of hydrogen-bond acceptors (Lipinski definition) is 4. The molecule has 2 saturated carbocycles. The lowest BCUT2D eigenvalue weighted by atomic mass is 9.62. The van der Waals surface area contributed by atoms with Gasteiger partial charge in [-0.25, -0.2) is 4.98 Å². The molecule has 2 aliphatic carbocycles. The van der Waals surface area contributed by atoms with Crippen LogP contribution in [0.2, 0.25) is 0 Å². The van der Waals surface area contributed by atoms with Gasteiger partial charge in [0.05, 0.1) is 5.69 Å². The fourth-order valence-corrected chi connectivity index (χ4v) is 6.00. The molecule has 3 fully saturated rings. The molecule has 0 bridgehead atoms. The van der Waals surface area contributed by atoms with E-state index < -0.39 is 0 Å². The molecule has 3 aromatic heterocycles. The van der Waals surface area contributed by atoms with Gasteiger partial charge >= 0.3 is 0 Å². The highest BCUT2D eigenvalue weighted by molar-refractivity contribution is 5.93. The summed E-state index contributed by atoms with van der Waals surface area (Å²) in [6.45, 7) is 4.21. The van der Waals surface area contributed by atoms with Crippen molar-refractivity contribution in [2.45, 2.75) is 43.4 Å². The number of aromatic amines is 1. The smallest absolute Gasteiger partial charge is 0.138 e. The number of hydrogen-bond donors (Lipinski definition) is 2. The van der Waals surface area contributed by atoms with Gasteiger partial charge in [0, 0.05) is 66.3 Å². The minimum absolute atomic E-state index is 0.0778. The van der Waals surface area contributed by atoms with Crippen LogP contribution < -0.4 is 10.2 Å². The van der Waals surface area contributed by atoms with E-state index in [4.69, 9.17) is 9.97 Å². The second kappa shape index (κ2) is 7.95. The van der Waals surface area contributed by atoms with E-state index in [1.807, 2.05) is 6.20 Å². The third-order valence-electron chi connectivity index (χ3n) is 8.24. The molecule has 0 amide bonds. The average molecular weight is 450 g/mol. The molecular weight excluding hydrogens is 418 g/mol. The Morgan fingerprint density at radius 3 is 2.50 bits per heavy atom. The van der Waals surface area contributed by atoms with Crippen molar-refractivity contribution in [2.24, 2.45) is 0 Å². The number of pyridine rings is 2. The monoisotopic (exact) mass is 449 g/mol. The lowest BCUT2D eigenvalue weighted by Gasteiger charge is -2.42. The van der Waals surface area contributed by atoms with Crippen molar-refractivity contribution in [1.29, 1.82) is 0 Å². The summed E-state index contributed by atoms with van der Waals surface area (Å²) in [6, 6.07) is 17.8. The Morgan fingerprint density at radius 2 is 1.76 bits per heavy atom. The molecule has 0 unspecified atom stereocenters. The van der Waals surface area contributed by atoms with Gasteiger partial charge in [0.1, 0.15) is 5.65 Å². The van der Waals surface area contributed by atoms with E-state index >= 15 is 0 Å². The van der Waals surface area contributed by atoms with Crippen molar-refractivity contribution < 1.29 is 0 Å². The molecule has 4 heterocycles. The van der Waals surface area contributed by atoms with Gasteiger partial charge in [-0.15, -0.1) is 0 Å². The summed E-state index contributed by atoms with van der Waals surface area (Å²) in [5.41, 5.74) is 8.78. The second-order valence-electron chi connectivity index (χ2n) is 10.2. The third-order valence-corrected chi connectivity index (χ3v) is 8.24. The van der Waals surface area contributed by atoms with Gasteiger partial charge in [-0.05, 0) is 60.9 Å². The van der Waals surface area contributed by atoms with Crippen molar-refractivity contribution in [1.82, 2.24) is 20.3 Å². The number of rotatable bonds is 5. The Kier molecular flexibility index (Phi) is 4.73. The van der Waals surface area contributed by atoms with E-state index in [9.17, 15) is 0 Å². The van der Waals surface area contributed by atoms with Crippen LogP contribution in [0.5, 0.6) is 0 Å². The lowest BCUT2D eigenvalue weighted by Crippen LogP contribution is -2.43. The Hall–Kier alpha value is -3.18. The number of H-pyrrole nitrogens is 1. The summed E-state index contributed by atoms with van der Waals surface area (Å²) < 4.78 is 0. The first-order chi connectivity index (χ1) is 16.8. The minimum Gasteiger partial charge on any atom is -0.369 e. The van der Waals surface area contributed by atoms with Crippen LogP contribution in [0.3, 0.4) is 0 Å².